The van der Waals surface area contributed by atoms with Crippen LogP contribution in [-0.2, 0) is 4.79 Å². The summed E-state index contributed by atoms with van der Waals surface area (Å²) in [6.07, 6.45) is 0. The molecule has 2 unspecified atom stereocenters. The third-order valence-corrected chi connectivity index (χ3v) is 3.86. The lowest BCUT2D eigenvalue weighted by Crippen LogP contribution is -2.33. The van der Waals surface area contributed by atoms with Gasteiger partial charge >= 0.3 is 0 Å². The fraction of sp³-hybridized carbons (Fsp3) is 0.545. The van der Waals surface area contributed by atoms with Crippen LogP contribution in [0.1, 0.15) is 24.6 Å². The molecule has 1 amide bonds. The molecule has 0 bridgehead atoms. The van der Waals surface area contributed by atoms with Crippen LogP contribution in [0.3, 0.4) is 0 Å². The van der Waals surface area contributed by atoms with E-state index in [0.29, 0.717) is 23.3 Å². The fourth-order valence-electron chi connectivity index (χ4n) is 1.20. The number of carbonyl (C=O) groups is 1. The Labute approximate surface area is 105 Å². The Morgan fingerprint density at radius 3 is 2.75 bits per heavy atom. The highest BCUT2D eigenvalue weighted by Crippen LogP contribution is 2.27. The van der Waals surface area contributed by atoms with Crippen LogP contribution in [0.15, 0.2) is 12.1 Å². The van der Waals surface area contributed by atoms with Crippen LogP contribution in [0.2, 0.25) is 4.34 Å². The van der Waals surface area contributed by atoms with Gasteiger partial charge in [-0.2, -0.15) is 0 Å². The van der Waals surface area contributed by atoms with Gasteiger partial charge in [-0.05, 0) is 31.5 Å². The molecule has 0 spiro atoms. The van der Waals surface area contributed by atoms with Gasteiger partial charge in [0.05, 0.1) is 10.3 Å². The third-order valence-electron chi connectivity index (χ3n) is 2.44. The second kappa shape index (κ2) is 6.23. The number of amides is 1. The van der Waals surface area contributed by atoms with Crippen molar-refractivity contribution < 1.29 is 4.79 Å². The van der Waals surface area contributed by atoms with Crippen molar-refractivity contribution >= 4 is 28.8 Å². The van der Waals surface area contributed by atoms with Crippen molar-refractivity contribution in [2.24, 2.45) is 11.7 Å². The van der Waals surface area contributed by atoms with Gasteiger partial charge in [0.15, 0.2) is 0 Å². The van der Waals surface area contributed by atoms with Gasteiger partial charge in [-0.3, -0.25) is 4.79 Å². The molecule has 0 saturated carbocycles. The van der Waals surface area contributed by atoms with Crippen LogP contribution < -0.4 is 11.1 Å². The Morgan fingerprint density at radius 2 is 2.25 bits per heavy atom. The quantitative estimate of drug-likeness (QED) is 0.853. The molecule has 16 heavy (non-hydrogen) atoms. The number of nitrogens with one attached hydrogen (secondary N) is 1. The average molecular weight is 261 g/mol. The predicted molar refractivity (Wildman–Crippen MR) is 69.0 cm³/mol. The van der Waals surface area contributed by atoms with Crippen LogP contribution >= 0.6 is 22.9 Å². The van der Waals surface area contributed by atoms with Crippen molar-refractivity contribution in [1.29, 1.82) is 0 Å². The van der Waals surface area contributed by atoms with Gasteiger partial charge in [0, 0.05) is 11.4 Å². The van der Waals surface area contributed by atoms with E-state index in [1.54, 1.807) is 0 Å². The zero-order valence-electron chi connectivity index (χ0n) is 9.50. The van der Waals surface area contributed by atoms with Crippen molar-refractivity contribution in [3.63, 3.8) is 0 Å². The molecule has 1 heterocycles. The summed E-state index contributed by atoms with van der Waals surface area (Å²) in [7, 11) is 0. The van der Waals surface area contributed by atoms with Gasteiger partial charge in [-0.25, -0.2) is 0 Å². The summed E-state index contributed by atoms with van der Waals surface area (Å²) in [6.45, 7) is 5.09. The molecule has 3 nitrogen and oxygen atoms in total. The molecule has 0 aliphatic rings. The van der Waals surface area contributed by atoms with Gasteiger partial charge in [-0.1, -0.05) is 18.5 Å². The predicted octanol–water partition coefficient (Wildman–Crippen LogP) is 2.22. The first kappa shape index (κ1) is 13.5. The van der Waals surface area contributed by atoms with Crippen LogP contribution in [0.4, 0.5) is 0 Å². The highest BCUT2D eigenvalue weighted by molar-refractivity contribution is 7.16. The Bertz CT molecular complexity index is 354. The van der Waals surface area contributed by atoms with Gasteiger partial charge in [0.1, 0.15) is 0 Å². The summed E-state index contributed by atoms with van der Waals surface area (Å²) < 4.78 is 0.713. The van der Waals surface area contributed by atoms with Gasteiger partial charge in [0.2, 0.25) is 5.91 Å². The summed E-state index contributed by atoms with van der Waals surface area (Å²) in [6, 6.07) is 3.71. The Kier molecular flexibility index (Phi) is 5.25. The maximum atomic E-state index is 11.8. The number of hydrogen-bond donors (Lipinski definition) is 2. The summed E-state index contributed by atoms with van der Waals surface area (Å²) in [5.74, 6) is 0.185. The summed E-state index contributed by atoms with van der Waals surface area (Å²) in [4.78, 5) is 12.8. The highest BCUT2D eigenvalue weighted by Gasteiger charge is 2.17. The number of thiophene rings is 1. The Hall–Kier alpha value is -0.580. The van der Waals surface area contributed by atoms with E-state index in [-0.39, 0.29) is 11.8 Å². The molecule has 0 aliphatic heterocycles. The standard InChI is InChI=1S/C11H17ClN2OS/c1-7(5-13)6-14-11(15)8(2)9-3-4-10(12)16-9/h3-4,7-8H,5-6,13H2,1-2H3,(H,14,15). The molecule has 1 rings (SSSR count). The van der Waals surface area contributed by atoms with Crippen LogP contribution in [-0.4, -0.2) is 19.0 Å². The van der Waals surface area contributed by atoms with E-state index in [4.69, 9.17) is 17.3 Å². The number of hydrogen-bond acceptors (Lipinski definition) is 3. The largest absolute Gasteiger partial charge is 0.355 e. The monoisotopic (exact) mass is 260 g/mol. The zero-order chi connectivity index (χ0) is 12.1. The van der Waals surface area contributed by atoms with Crippen LogP contribution in [0, 0.1) is 5.92 Å². The zero-order valence-corrected chi connectivity index (χ0v) is 11.1. The minimum Gasteiger partial charge on any atom is -0.355 e. The lowest BCUT2D eigenvalue weighted by molar-refractivity contribution is -0.122. The smallest absolute Gasteiger partial charge is 0.228 e. The SMILES string of the molecule is CC(CN)CNC(=O)C(C)c1ccc(Cl)s1. The van der Waals surface area contributed by atoms with Crippen molar-refractivity contribution in [2.45, 2.75) is 19.8 Å². The Balaban J connectivity index is 2.48. The lowest BCUT2D eigenvalue weighted by Gasteiger charge is -2.13. The second-order valence-corrected chi connectivity index (χ2v) is 5.70. The topological polar surface area (TPSA) is 55.1 Å². The van der Waals surface area contributed by atoms with Gasteiger partial charge in [-0.15, -0.1) is 11.3 Å². The molecule has 1 aromatic rings. The maximum absolute atomic E-state index is 11.8. The molecule has 0 saturated heterocycles. The molecule has 90 valence electrons. The van der Waals surface area contributed by atoms with E-state index in [9.17, 15) is 4.79 Å². The van der Waals surface area contributed by atoms with Gasteiger partial charge < -0.3 is 11.1 Å². The molecule has 0 aliphatic carbocycles. The normalized spacial score (nSPS) is 14.5. The minimum absolute atomic E-state index is 0.0267. The molecule has 0 fully saturated rings. The summed E-state index contributed by atoms with van der Waals surface area (Å²) in [5, 5.41) is 2.89. The first-order chi connectivity index (χ1) is 7.54. The molecule has 0 radical (unpaired) electrons. The van der Waals surface area contributed by atoms with Gasteiger partial charge in [0.25, 0.3) is 0 Å². The van der Waals surface area contributed by atoms with Crippen LogP contribution in [0.25, 0.3) is 0 Å². The molecule has 5 heteroatoms. The highest BCUT2D eigenvalue weighted by atomic mass is 35.5. The number of nitrogens with two attached hydrogens (primary N) is 1. The molecular weight excluding hydrogens is 244 g/mol. The summed E-state index contributed by atoms with van der Waals surface area (Å²) >= 11 is 7.27. The minimum atomic E-state index is -0.150. The molecule has 1 aromatic heterocycles. The first-order valence-electron chi connectivity index (χ1n) is 5.27. The number of carbonyl (C=O) groups excluding carboxylic acids is 1. The van der Waals surface area contributed by atoms with E-state index in [2.05, 4.69) is 5.32 Å². The van der Waals surface area contributed by atoms with Crippen LogP contribution in [0.5, 0.6) is 0 Å². The molecule has 3 N–H and O–H groups in total. The molecule has 0 aromatic carbocycles. The fourth-order valence-corrected chi connectivity index (χ4v) is 2.31. The van der Waals surface area contributed by atoms with E-state index in [1.807, 2.05) is 26.0 Å². The van der Waals surface area contributed by atoms with E-state index >= 15 is 0 Å². The van der Waals surface area contributed by atoms with E-state index < -0.39 is 0 Å². The second-order valence-electron chi connectivity index (χ2n) is 3.95. The van der Waals surface area contributed by atoms with Crippen molar-refractivity contribution in [2.75, 3.05) is 13.1 Å². The lowest BCUT2D eigenvalue weighted by atomic mass is 10.1. The first-order valence-corrected chi connectivity index (χ1v) is 6.47. The number of rotatable bonds is 5. The number of halogens is 1. The Morgan fingerprint density at radius 1 is 1.56 bits per heavy atom. The summed E-state index contributed by atoms with van der Waals surface area (Å²) in [5.41, 5.74) is 5.48. The third kappa shape index (κ3) is 3.77. The average Bonchev–Trinajstić information content (AvgIpc) is 2.71. The van der Waals surface area contributed by atoms with Crippen molar-refractivity contribution in [3.05, 3.63) is 21.3 Å². The van der Waals surface area contributed by atoms with Crippen molar-refractivity contribution in [1.82, 2.24) is 5.32 Å². The van der Waals surface area contributed by atoms with Crippen molar-refractivity contribution in [3.8, 4) is 0 Å². The van der Waals surface area contributed by atoms with E-state index in [0.717, 1.165) is 4.88 Å². The van der Waals surface area contributed by atoms with E-state index in [1.165, 1.54) is 11.3 Å². The maximum Gasteiger partial charge on any atom is 0.228 e. The molecule has 2 atom stereocenters. The molecular formula is C11H17ClN2OS.